The number of benzene rings is 2. The van der Waals surface area contributed by atoms with Crippen molar-refractivity contribution in [2.75, 3.05) is 23.4 Å². The molecule has 0 aromatic heterocycles. The molecule has 164 valence electrons. The van der Waals surface area contributed by atoms with Crippen LogP contribution in [-0.4, -0.2) is 27.7 Å². The number of alkyl halides is 6. The van der Waals surface area contributed by atoms with E-state index in [1.807, 2.05) is 0 Å². The minimum Gasteiger partial charge on any atom is -0.494 e. The number of carbonyl (C=O) groups excluding carboxylic acids is 1. The van der Waals surface area contributed by atoms with Crippen molar-refractivity contribution in [2.24, 2.45) is 0 Å². The largest absolute Gasteiger partial charge is 0.494 e. The quantitative estimate of drug-likeness (QED) is 0.655. The first-order valence-corrected chi connectivity index (χ1v) is 9.76. The van der Waals surface area contributed by atoms with Crippen LogP contribution >= 0.6 is 0 Å². The molecule has 6 nitrogen and oxygen atoms in total. The van der Waals surface area contributed by atoms with Gasteiger partial charge < -0.3 is 10.1 Å². The first-order chi connectivity index (χ1) is 13.6. The highest BCUT2D eigenvalue weighted by Gasteiger charge is 2.37. The molecule has 2 aromatic rings. The number of rotatable bonds is 5. The van der Waals surface area contributed by atoms with Gasteiger partial charge in [-0.3, -0.25) is 9.52 Å². The molecule has 0 saturated carbocycles. The minimum atomic E-state index is -5.10. The molecule has 1 amide bonds. The smallest absolute Gasteiger partial charge is 0.416 e. The second-order valence-corrected chi connectivity index (χ2v) is 7.79. The third-order valence-electron chi connectivity index (χ3n) is 3.60. The molecule has 0 unspecified atom stereocenters. The summed E-state index contributed by atoms with van der Waals surface area (Å²) >= 11 is 0. The number of carbonyl (C=O) groups is 1. The number of hydrogen-bond donors (Lipinski definition) is 2. The van der Waals surface area contributed by atoms with Crippen molar-refractivity contribution < 1.29 is 44.3 Å². The number of hydrogen-bond acceptors (Lipinski definition) is 4. The van der Waals surface area contributed by atoms with Gasteiger partial charge in [-0.2, -0.15) is 26.3 Å². The molecular weight excluding hydrogens is 442 g/mol. The molecule has 30 heavy (non-hydrogen) atoms. The lowest BCUT2D eigenvalue weighted by molar-refractivity contribution is -0.143. The predicted octanol–water partition coefficient (Wildman–Crippen LogP) is 4.36. The summed E-state index contributed by atoms with van der Waals surface area (Å²) < 4.78 is 107. The zero-order valence-electron chi connectivity index (χ0n) is 15.3. The van der Waals surface area contributed by atoms with Crippen molar-refractivity contribution in [3.05, 3.63) is 53.1 Å². The van der Waals surface area contributed by atoms with E-state index < -0.39 is 45.0 Å². The van der Waals surface area contributed by atoms with E-state index in [1.54, 1.807) is 0 Å². The van der Waals surface area contributed by atoms with Gasteiger partial charge in [0.1, 0.15) is 5.75 Å². The summed E-state index contributed by atoms with van der Waals surface area (Å²) in [7, 11) is -2.47. The van der Waals surface area contributed by atoms with Gasteiger partial charge >= 0.3 is 12.4 Å². The van der Waals surface area contributed by atoms with E-state index in [4.69, 9.17) is 4.74 Å². The number of sulfonamides is 1. The molecule has 0 aliphatic carbocycles. The highest BCUT2D eigenvalue weighted by atomic mass is 32.2. The number of ether oxygens (including phenoxy) is 1. The van der Waals surface area contributed by atoms with Gasteiger partial charge in [-0.05, 0) is 30.3 Å². The zero-order chi connectivity index (χ0) is 22.9. The summed E-state index contributed by atoms with van der Waals surface area (Å²) in [6.45, 7) is 0. The fraction of sp³-hybridized carbons (Fsp3) is 0.235. The van der Waals surface area contributed by atoms with E-state index in [2.05, 4.69) is 10.0 Å². The summed E-state index contributed by atoms with van der Waals surface area (Å²) in [5.74, 6) is -1.28. The fourth-order valence-electron chi connectivity index (χ4n) is 2.34. The van der Waals surface area contributed by atoms with Gasteiger partial charge in [0.15, 0.2) is 0 Å². The van der Waals surface area contributed by atoms with Crippen molar-refractivity contribution in [3.63, 3.8) is 0 Å². The third-order valence-corrected chi connectivity index (χ3v) is 4.20. The van der Waals surface area contributed by atoms with Crippen LogP contribution in [0.5, 0.6) is 5.75 Å². The lowest BCUT2D eigenvalue weighted by Crippen LogP contribution is -2.17. The summed E-state index contributed by atoms with van der Waals surface area (Å²) in [4.78, 5) is 12.3. The van der Waals surface area contributed by atoms with Crippen molar-refractivity contribution in [3.8, 4) is 5.75 Å². The third kappa shape index (κ3) is 6.02. The number of halogens is 6. The van der Waals surface area contributed by atoms with Crippen molar-refractivity contribution in [1.82, 2.24) is 0 Å². The number of nitrogens with one attached hydrogen (secondary N) is 2. The number of amides is 1. The summed E-state index contributed by atoms with van der Waals surface area (Å²) in [6.07, 6.45) is -9.31. The molecule has 0 saturated heterocycles. The molecule has 0 spiro atoms. The Morgan fingerprint density at radius 2 is 1.47 bits per heavy atom. The molecule has 0 aliphatic rings. The molecule has 0 bridgehead atoms. The molecule has 2 aromatic carbocycles. The second kappa shape index (κ2) is 8.05. The van der Waals surface area contributed by atoms with Gasteiger partial charge in [0.25, 0.3) is 5.91 Å². The Morgan fingerprint density at radius 1 is 0.933 bits per heavy atom. The fourth-order valence-corrected chi connectivity index (χ4v) is 2.91. The second-order valence-electron chi connectivity index (χ2n) is 6.04. The van der Waals surface area contributed by atoms with E-state index in [-0.39, 0.29) is 23.2 Å². The van der Waals surface area contributed by atoms with E-state index >= 15 is 0 Å². The Hall–Kier alpha value is -2.96. The standard InChI is InChI=1S/C17H14F6N2O4S/c1-29-14-8-12(3-4-13(14)25-30(2,27)28)24-15(26)9-5-10(16(18,19)20)7-11(6-9)17(21,22)23/h3-8,25H,1-2H3,(H,24,26). The van der Waals surface area contributed by atoms with Crippen LogP contribution < -0.4 is 14.8 Å². The zero-order valence-corrected chi connectivity index (χ0v) is 16.1. The Bertz CT molecular complexity index is 1030. The molecule has 0 atom stereocenters. The van der Waals surface area contributed by atoms with Gasteiger partial charge in [0.2, 0.25) is 10.0 Å². The normalized spacial score (nSPS) is 12.4. The molecule has 0 aliphatic heterocycles. The summed E-state index contributed by atoms with van der Waals surface area (Å²) in [5, 5.41) is 2.15. The maximum atomic E-state index is 12.9. The number of anilines is 2. The summed E-state index contributed by atoms with van der Waals surface area (Å²) in [6, 6.07) is 4.02. The first-order valence-electron chi connectivity index (χ1n) is 7.87. The van der Waals surface area contributed by atoms with Gasteiger partial charge in [-0.25, -0.2) is 8.42 Å². The Kier molecular flexibility index (Phi) is 6.26. The van der Waals surface area contributed by atoms with Crippen molar-refractivity contribution in [1.29, 1.82) is 0 Å². The van der Waals surface area contributed by atoms with Gasteiger partial charge in [0, 0.05) is 17.3 Å². The minimum absolute atomic E-state index is 0.0106. The van der Waals surface area contributed by atoms with E-state index in [1.165, 1.54) is 19.2 Å². The maximum absolute atomic E-state index is 12.9. The lowest BCUT2D eigenvalue weighted by atomic mass is 10.0. The molecule has 0 fully saturated rings. The Morgan fingerprint density at radius 3 is 1.90 bits per heavy atom. The monoisotopic (exact) mass is 456 g/mol. The molecule has 0 heterocycles. The highest BCUT2D eigenvalue weighted by molar-refractivity contribution is 7.92. The van der Waals surface area contributed by atoms with Gasteiger partial charge in [0.05, 0.1) is 30.2 Å². The van der Waals surface area contributed by atoms with Crippen LogP contribution in [0.1, 0.15) is 21.5 Å². The number of methoxy groups -OCH3 is 1. The summed E-state index contributed by atoms with van der Waals surface area (Å²) in [5.41, 5.74) is -4.17. The molecule has 2 rings (SSSR count). The van der Waals surface area contributed by atoms with E-state index in [9.17, 15) is 39.6 Å². The highest BCUT2D eigenvalue weighted by Crippen LogP contribution is 2.36. The Balaban J connectivity index is 2.40. The van der Waals surface area contributed by atoms with Crippen molar-refractivity contribution >= 4 is 27.3 Å². The van der Waals surface area contributed by atoms with Crippen LogP contribution in [-0.2, 0) is 22.4 Å². The topological polar surface area (TPSA) is 84.5 Å². The predicted molar refractivity (Wildman–Crippen MR) is 95.9 cm³/mol. The lowest BCUT2D eigenvalue weighted by Gasteiger charge is -2.15. The van der Waals surface area contributed by atoms with Crippen LogP contribution in [0.2, 0.25) is 0 Å². The van der Waals surface area contributed by atoms with Gasteiger partial charge in [-0.1, -0.05) is 0 Å². The van der Waals surface area contributed by atoms with Crippen LogP contribution in [0.25, 0.3) is 0 Å². The van der Waals surface area contributed by atoms with Crippen LogP contribution in [0.4, 0.5) is 37.7 Å². The SMILES string of the molecule is COc1cc(NC(=O)c2cc(C(F)(F)F)cc(C(F)(F)F)c2)ccc1NS(C)(=O)=O. The molecule has 13 heteroatoms. The molecule has 0 radical (unpaired) electrons. The van der Waals surface area contributed by atoms with Crippen LogP contribution in [0.15, 0.2) is 36.4 Å². The van der Waals surface area contributed by atoms with Gasteiger partial charge in [-0.15, -0.1) is 0 Å². The maximum Gasteiger partial charge on any atom is 0.416 e. The Labute approximate surface area is 166 Å². The van der Waals surface area contributed by atoms with Crippen LogP contribution in [0.3, 0.4) is 0 Å². The van der Waals surface area contributed by atoms with Crippen LogP contribution in [0, 0.1) is 0 Å². The van der Waals surface area contributed by atoms with E-state index in [0.717, 1.165) is 12.3 Å². The first kappa shape index (κ1) is 23.3. The average molecular weight is 456 g/mol. The average Bonchev–Trinajstić information content (AvgIpc) is 2.59. The van der Waals surface area contributed by atoms with E-state index in [0.29, 0.717) is 12.1 Å². The molecule has 2 N–H and O–H groups in total. The molecular formula is C17H14F6N2O4S. The van der Waals surface area contributed by atoms with Crippen molar-refractivity contribution in [2.45, 2.75) is 12.4 Å².